The van der Waals surface area contributed by atoms with Gasteiger partial charge in [0.25, 0.3) is 7.42 Å². The molecule has 14 heavy (non-hydrogen) atoms. The fourth-order valence-electron chi connectivity index (χ4n) is 3.86. The van der Waals surface area contributed by atoms with Gasteiger partial charge in [-0.2, -0.15) is 0 Å². The molecule has 2 aliphatic carbocycles. The summed E-state index contributed by atoms with van der Waals surface area (Å²) in [6.45, 7) is 7.35. The van der Waals surface area contributed by atoms with Crippen LogP contribution in [0, 0.1) is 22.7 Å². The summed E-state index contributed by atoms with van der Waals surface area (Å²) < 4.78 is 0. The Morgan fingerprint density at radius 1 is 1.29 bits per heavy atom. The lowest BCUT2D eigenvalue weighted by molar-refractivity contribution is 0.112. The molecular formula is C11H19Cl2Si. The Bertz CT molecular complexity index is 239. The van der Waals surface area contributed by atoms with Crippen molar-refractivity contribution in [3.05, 3.63) is 0 Å². The van der Waals surface area contributed by atoms with Gasteiger partial charge in [0.2, 0.25) is 0 Å². The molecule has 0 saturated heterocycles. The number of fused-ring (bicyclic) bond motifs is 2. The maximum Gasteiger partial charge on any atom is 0.274 e. The molecule has 0 spiro atoms. The van der Waals surface area contributed by atoms with E-state index in [1.54, 1.807) is 0 Å². The second-order valence-electron chi connectivity index (χ2n) is 5.85. The smallest absolute Gasteiger partial charge is 0.147 e. The molecule has 0 aromatic carbocycles. The van der Waals surface area contributed by atoms with Gasteiger partial charge in [-0.25, -0.2) is 0 Å². The third-order valence-electron chi connectivity index (χ3n) is 5.38. The second kappa shape index (κ2) is 3.40. The molecule has 3 unspecified atom stereocenters. The van der Waals surface area contributed by atoms with Crippen LogP contribution in [0.1, 0.15) is 40.0 Å². The Hall–Kier alpha value is 0.797. The summed E-state index contributed by atoms with van der Waals surface area (Å²) in [6.07, 6.45) is 4.18. The third kappa shape index (κ3) is 1.39. The summed E-state index contributed by atoms with van der Waals surface area (Å²) >= 11 is 12.0. The maximum absolute atomic E-state index is 6.02. The van der Waals surface area contributed by atoms with Crippen LogP contribution in [0.2, 0.25) is 6.04 Å². The first-order valence-corrected chi connectivity index (χ1v) is 9.28. The lowest BCUT2D eigenvalue weighted by atomic mass is 9.67. The van der Waals surface area contributed by atoms with Crippen LogP contribution < -0.4 is 0 Å². The van der Waals surface area contributed by atoms with Gasteiger partial charge < -0.3 is 0 Å². The zero-order chi connectivity index (χ0) is 10.6. The average Bonchev–Trinajstić information content (AvgIpc) is 2.35. The highest BCUT2D eigenvalue weighted by atomic mass is 35.7. The molecule has 0 aromatic heterocycles. The van der Waals surface area contributed by atoms with E-state index in [0.29, 0.717) is 10.8 Å². The lowest BCUT2D eigenvalue weighted by Gasteiger charge is -2.39. The molecule has 0 N–H and O–H groups in total. The monoisotopic (exact) mass is 249 g/mol. The first kappa shape index (κ1) is 11.3. The number of hydrogen-bond acceptors (Lipinski definition) is 0. The fourth-order valence-corrected chi connectivity index (χ4v) is 5.97. The van der Waals surface area contributed by atoms with E-state index < -0.39 is 7.42 Å². The number of rotatable bonds is 2. The molecule has 2 aliphatic rings. The summed E-state index contributed by atoms with van der Waals surface area (Å²) in [5.41, 5.74) is 1.03. The van der Waals surface area contributed by atoms with Crippen molar-refractivity contribution in [2.75, 3.05) is 0 Å². The first-order valence-electron chi connectivity index (χ1n) is 5.55. The Balaban J connectivity index is 2.19. The highest BCUT2D eigenvalue weighted by molar-refractivity contribution is 7.33. The van der Waals surface area contributed by atoms with E-state index >= 15 is 0 Å². The normalized spacial score (nSPS) is 45.0. The molecule has 0 amide bonds. The van der Waals surface area contributed by atoms with Crippen molar-refractivity contribution in [1.82, 2.24) is 0 Å². The molecule has 0 aliphatic heterocycles. The third-order valence-corrected chi connectivity index (χ3v) is 7.10. The van der Waals surface area contributed by atoms with Gasteiger partial charge in [0, 0.05) is 0 Å². The topological polar surface area (TPSA) is 0 Å². The minimum absolute atomic E-state index is 0.511. The van der Waals surface area contributed by atoms with Crippen molar-refractivity contribution in [3.8, 4) is 0 Å². The minimum Gasteiger partial charge on any atom is -0.147 e. The van der Waals surface area contributed by atoms with E-state index in [2.05, 4.69) is 20.8 Å². The van der Waals surface area contributed by atoms with Gasteiger partial charge in [0.15, 0.2) is 0 Å². The summed E-state index contributed by atoms with van der Waals surface area (Å²) in [5, 5.41) is 0. The Kier molecular flexibility index (Phi) is 2.74. The second-order valence-corrected chi connectivity index (χ2v) is 10.3. The molecule has 3 heteroatoms. The Morgan fingerprint density at radius 2 is 1.93 bits per heavy atom. The summed E-state index contributed by atoms with van der Waals surface area (Å²) in [7, 11) is -1.08. The highest BCUT2D eigenvalue weighted by Gasteiger charge is 2.60. The molecule has 2 bridgehead atoms. The van der Waals surface area contributed by atoms with Gasteiger partial charge in [-0.05, 0) is 48.0 Å². The van der Waals surface area contributed by atoms with Crippen molar-refractivity contribution in [3.63, 3.8) is 0 Å². The largest absolute Gasteiger partial charge is 0.274 e. The summed E-state index contributed by atoms with van der Waals surface area (Å²) in [6, 6.07) is 1.09. The first-order chi connectivity index (χ1) is 6.38. The predicted octanol–water partition coefficient (Wildman–Crippen LogP) is 4.41. The van der Waals surface area contributed by atoms with Crippen LogP contribution in [0.15, 0.2) is 0 Å². The van der Waals surface area contributed by atoms with E-state index in [1.807, 2.05) is 0 Å². The average molecular weight is 250 g/mol. The molecule has 2 rings (SSSR count). The fraction of sp³-hybridized carbons (Fsp3) is 1.00. The molecule has 0 nitrogen and oxygen atoms in total. The van der Waals surface area contributed by atoms with Crippen molar-refractivity contribution < 1.29 is 0 Å². The van der Waals surface area contributed by atoms with E-state index in [-0.39, 0.29) is 0 Å². The minimum atomic E-state index is -1.08. The quantitative estimate of drug-likeness (QED) is 0.503. The summed E-state index contributed by atoms with van der Waals surface area (Å²) in [4.78, 5) is 0. The molecule has 1 radical (unpaired) electrons. The molecule has 0 aromatic rings. The van der Waals surface area contributed by atoms with Gasteiger partial charge in [0.1, 0.15) is 0 Å². The van der Waals surface area contributed by atoms with Gasteiger partial charge in [-0.15, -0.1) is 22.2 Å². The lowest BCUT2D eigenvalue weighted by Crippen LogP contribution is -2.33. The van der Waals surface area contributed by atoms with Crippen molar-refractivity contribution in [2.24, 2.45) is 22.7 Å². The van der Waals surface area contributed by atoms with Crippen LogP contribution >= 0.6 is 22.2 Å². The molecule has 3 atom stereocenters. The van der Waals surface area contributed by atoms with Crippen molar-refractivity contribution in [1.29, 1.82) is 0 Å². The maximum atomic E-state index is 6.02. The van der Waals surface area contributed by atoms with Crippen LogP contribution in [-0.2, 0) is 0 Å². The van der Waals surface area contributed by atoms with Crippen LogP contribution in [0.5, 0.6) is 0 Å². The molecule has 0 heterocycles. The van der Waals surface area contributed by atoms with Gasteiger partial charge in [-0.3, -0.25) is 0 Å². The summed E-state index contributed by atoms with van der Waals surface area (Å²) in [5.74, 6) is 1.72. The Labute approximate surface area is 98.4 Å². The van der Waals surface area contributed by atoms with E-state index in [1.165, 1.54) is 19.3 Å². The van der Waals surface area contributed by atoms with Gasteiger partial charge in [0.05, 0.1) is 0 Å². The zero-order valence-corrected chi connectivity index (χ0v) is 11.8. The van der Waals surface area contributed by atoms with Crippen molar-refractivity contribution in [2.45, 2.75) is 46.1 Å². The standard InChI is InChI=1S/C11H19Cl2Si/c1-10(2)8-4-5-11(10,3)9(6-8)7-14(12)13/h8-9H,4-7H2,1-3H3. The SMILES string of the molecule is CC1(C)C2CCC1(C)C(C[Si](Cl)Cl)C2. The van der Waals surface area contributed by atoms with E-state index in [4.69, 9.17) is 22.2 Å². The van der Waals surface area contributed by atoms with Crippen LogP contribution in [-0.4, -0.2) is 7.42 Å². The molecule has 2 fully saturated rings. The number of halogens is 2. The van der Waals surface area contributed by atoms with Crippen LogP contribution in [0.3, 0.4) is 0 Å². The van der Waals surface area contributed by atoms with E-state index in [9.17, 15) is 0 Å². The van der Waals surface area contributed by atoms with Crippen molar-refractivity contribution >= 4 is 29.6 Å². The Morgan fingerprint density at radius 3 is 2.29 bits per heavy atom. The van der Waals surface area contributed by atoms with Gasteiger partial charge in [-0.1, -0.05) is 20.8 Å². The van der Waals surface area contributed by atoms with E-state index in [0.717, 1.165) is 17.9 Å². The zero-order valence-electron chi connectivity index (χ0n) is 9.24. The molecular weight excluding hydrogens is 231 g/mol. The molecule has 2 saturated carbocycles. The van der Waals surface area contributed by atoms with Crippen LogP contribution in [0.4, 0.5) is 0 Å². The highest BCUT2D eigenvalue weighted by Crippen LogP contribution is 2.69. The predicted molar refractivity (Wildman–Crippen MR) is 65.0 cm³/mol. The van der Waals surface area contributed by atoms with Crippen LogP contribution in [0.25, 0.3) is 0 Å². The van der Waals surface area contributed by atoms with Gasteiger partial charge >= 0.3 is 0 Å². The number of hydrogen-bond donors (Lipinski definition) is 0. The molecule has 81 valence electrons.